The van der Waals surface area contributed by atoms with E-state index in [9.17, 15) is 4.79 Å². The first-order valence-corrected chi connectivity index (χ1v) is 10.9. The van der Waals surface area contributed by atoms with E-state index in [1.165, 1.54) is 5.56 Å². The Balaban J connectivity index is 1.40. The monoisotopic (exact) mass is 427 g/mol. The van der Waals surface area contributed by atoms with Gasteiger partial charge < -0.3 is 4.90 Å². The van der Waals surface area contributed by atoms with Crippen molar-refractivity contribution in [2.45, 2.75) is 40.2 Å². The fraction of sp³-hybridized carbons (Fsp3) is 0.269. The molecular formula is C26H29N5O. The van der Waals surface area contributed by atoms with Gasteiger partial charge in [-0.1, -0.05) is 36.4 Å². The molecule has 0 spiro atoms. The number of para-hydroxylation sites is 2. The molecule has 0 unspecified atom stereocenters. The fourth-order valence-electron chi connectivity index (χ4n) is 3.92. The Morgan fingerprint density at radius 3 is 2.47 bits per heavy atom. The Labute approximate surface area is 189 Å². The zero-order valence-corrected chi connectivity index (χ0v) is 19.1. The average molecular weight is 428 g/mol. The van der Waals surface area contributed by atoms with E-state index in [0.29, 0.717) is 19.4 Å². The van der Waals surface area contributed by atoms with Crippen molar-refractivity contribution in [3.05, 3.63) is 95.1 Å². The van der Waals surface area contributed by atoms with Crippen molar-refractivity contribution in [1.82, 2.24) is 24.5 Å². The number of benzene rings is 2. The maximum absolute atomic E-state index is 12.8. The second-order valence-corrected chi connectivity index (χ2v) is 8.23. The number of amides is 1. The van der Waals surface area contributed by atoms with E-state index < -0.39 is 0 Å². The van der Waals surface area contributed by atoms with Crippen LogP contribution in [0.25, 0.3) is 11.4 Å². The Hall–Kier alpha value is -3.67. The minimum Gasteiger partial charge on any atom is -0.341 e. The molecule has 0 saturated heterocycles. The first-order chi connectivity index (χ1) is 15.4. The summed E-state index contributed by atoms with van der Waals surface area (Å²) >= 11 is 0. The zero-order chi connectivity index (χ0) is 22.7. The Morgan fingerprint density at radius 1 is 1.00 bits per heavy atom. The lowest BCUT2D eigenvalue weighted by Crippen LogP contribution is -2.26. The summed E-state index contributed by atoms with van der Waals surface area (Å²) in [4.78, 5) is 14.6. The second-order valence-electron chi connectivity index (χ2n) is 8.23. The van der Waals surface area contributed by atoms with Gasteiger partial charge in [0.15, 0.2) is 0 Å². The molecular weight excluding hydrogens is 398 g/mol. The van der Waals surface area contributed by atoms with Gasteiger partial charge in [0.05, 0.1) is 23.3 Å². The molecule has 1 amide bonds. The van der Waals surface area contributed by atoms with Crippen LogP contribution in [0.4, 0.5) is 0 Å². The standard InChI is InChI=1S/C26H29N5O/c1-19-10-8-9-13-25(19)31-21(3)24(20(2)28-31)18-29(4)26(32)15-14-22-16-27-30(17-22)23-11-6-5-7-12-23/h5-13,16-17H,14-15,18H2,1-4H3. The van der Waals surface area contributed by atoms with Crippen molar-refractivity contribution < 1.29 is 4.79 Å². The summed E-state index contributed by atoms with van der Waals surface area (Å²) in [5.41, 5.74) is 7.43. The van der Waals surface area contributed by atoms with Crippen LogP contribution in [0.2, 0.25) is 0 Å². The number of hydrogen-bond donors (Lipinski definition) is 0. The van der Waals surface area contributed by atoms with Gasteiger partial charge in [-0.3, -0.25) is 4.79 Å². The third kappa shape index (κ3) is 4.49. The largest absolute Gasteiger partial charge is 0.341 e. The highest BCUT2D eigenvalue weighted by Gasteiger charge is 2.18. The molecule has 6 heteroatoms. The van der Waals surface area contributed by atoms with Crippen LogP contribution in [0, 0.1) is 20.8 Å². The molecule has 0 radical (unpaired) electrons. The Bertz CT molecular complexity index is 1220. The van der Waals surface area contributed by atoms with Crippen LogP contribution < -0.4 is 0 Å². The lowest BCUT2D eigenvalue weighted by Gasteiger charge is -2.17. The van der Waals surface area contributed by atoms with Gasteiger partial charge >= 0.3 is 0 Å². The normalized spacial score (nSPS) is 11.0. The summed E-state index contributed by atoms with van der Waals surface area (Å²) in [6, 6.07) is 18.2. The van der Waals surface area contributed by atoms with Gasteiger partial charge in [0.2, 0.25) is 5.91 Å². The fourth-order valence-corrected chi connectivity index (χ4v) is 3.92. The smallest absolute Gasteiger partial charge is 0.222 e. The molecule has 0 aliphatic rings. The van der Waals surface area contributed by atoms with E-state index >= 15 is 0 Å². The molecule has 0 aliphatic carbocycles. The number of nitrogens with zero attached hydrogens (tertiary/aromatic N) is 5. The highest BCUT2D eigenvalue weighted by molar-refractivity contribution is 5.76. The minimum absolute atomic E-state index is 0.111. The molecule has 0 fully saturated rings. The quantitative estimate of drug-likeness (QED) is 0.434. The van der Waals surface area contributed by atoms with E-state index in [-0.39, 0.29) is 5.91 Å². The van der Waals surface area contributed by atoms with Gasteiger partial charge in [-0.25, -0.2) is 9.36 Å². The van der Waals surface area contributed by atoms with Gasteiger partial charge in [0.25, 0.3) is 0 Å². The molecule has 4 aromatic rings. The summed E-state index contributed by atoms with van der Waals surface area (Å²) in [7, 11) is 1.86. The molecule has 0 N–H and O–H groups in total. The highest BCUT2D eigenvalue weighted by Crippen LogP contribution is 2.21. The van der Waals surface area contributed by atoms with Gasteiger partial charge in [-0.15, -0.1) is 0 Å². The van der Waals surface area contributed by atoms with Gasteiger partial charge in [-0.05, 0) is 56.5 Å². The maximum Gasteiger partial charge on any atom is 0.222 e. The molecule has 0 atom stereocenters. The summed E-state index contributed by atoms with van der Waals surface area (Å²) in [5, 5.41) is 9.17. The third-order valence-electron chi connectivity index (χ3n) is 5.89. The Kier molecular flexibility index (Phi) is 6.21. The van der Waals surface area contributed by atoms with Crippen molar-refractivity contribution in [3.8, 4) is 11.4 Å². The Morgan fingerprint density at radius 2 is 1.72 bits per heavy atom. The molecule has 0 aliphatic heterocycles. The van der Waals surface area contributed by atoms with Gasteiger partial charge in [-0.2, -0.15) is 10.2 Å². The van der Waals surface area contributed by atoms with E-state index in [1.54, 1.807) is 4.90 Å². The van der Waals surface area contributed by atoms with Crippen LogP contribution in [0.5, 0.6) is 0 Å². The molecule has 2 aromatic heterocycles. The highest BCUT2D eigenvalue weighted by atomic mass is 16.2. The van der Waals surface area contributed by atoms with E-state index in [2.05, 4.69) is 31.1 Å². The van der Waals surface area contributed by atoms with Gasteiger partial charge in [0.1, 0.15) is 0 Å². The van der Waals surface area contributed by atoms with Crippen molar-refractivity contribution >= 4 is 5.91 Å². The number of carbonyl (C=O) groups is 1. The van der Waals surface area contributed by atoms with E-state index in [0.717, 1.165) is 33.9 Å². The third-order valence-corrected chi connectivity index (χ3v) is 5.89. The molecule has 0 bridgehead atoms. The number of rotatable bonds is 7. The average Bonchev–Trinajstić information content (AvgIpc) is 3.38. The summed E-state index contributed by atoms with van der Waals surface area (Å²) in [6.07, 6.45) is 4.93. The predicted octanol–water partition coefficient (Wildman–Crippen LogP) is 4.57. The second kappa shape index (κ2) is 9.22. The zero-order valence-electron chi connectivity index (χ0n) is 19.1. The number of hydrogen-bond acceptors (Lipinski definition) is 3. The van der Waals surface area contributed by atoms with Crippen LogP contribution in [0.3, 0.4) is 0 Å². The summed E-state index contributed by atoms with van der Waals surface area (Å²) in [5.74, 6) is 0.111. The van der Waals surface area contributed by atoms with Crippen LogP contribution in [0.1, 0.15) is 34.5 Å². The number of aromatic nitrogens is 4. The van der Waals surface area contributed by atoms with Crippen molar-refractivity contribution in [2.75, 3.05) is 7.05 Å². The van der Waals surface area contributed by atoms with E-state index in [1.807, 2.05) is 78.2 Å². The van der Waals surface area contributed by atoms with Crippen LogP contribution >= 0.6 is 0 Å². The predicted molar refractivity (Wildman–Crippen MR) is 126 cm³/mol. The summed E-state index contributed by atoms with van der Waals surface area (Å²) < 4.78 is 3.83. The number of carbonyl (C=O) groups excluding carboxylic acids is 1. The topological polar surface area (TPSA) is 56.0 Å². The van der Waals surface area contributed by atoms with Gasteiger partial charge in [0, 0.05) is 37.5 Å². The first-order valence-electron chi connectivity index (χ1n) is 10.9. The molecule has 2 aromatic carbocycles. The van der Waals surface area contributed by atoms with Crippen LogP contribution in [0.15, 0.2) is 67.0 Å². The van der Waals surface area contributed by atoms with Crippen LogP contribution in [-0.4, -0.2) is 37.4 Å². The molecule has 2 heterocycles. The minimum atomic E-state index is 0.111. The maximum atomic E-state index is 12.8. The lowest BCUT2D eigenvalue weighted by atomic mass is 10.1. The first kappa shape index (κ1) is 21.6. The SMILES string of the molecule is Cc1ccccc1-n1nc(C)c(CN(C)C(=O)CCc2cnn(-c3ccccc3)c2)c1C. The number of aryl methyl sites for hydroxylation is 3. The molecule has 0 saturated carbocycles. The van der Waals surface area contributed by atoms with Crippen molar-refractivity contribution in [2.24, 2.45) is 0 Å². The van der Waals surface area contributed by atoms with Crippen molar-refractivity contribution in [1.29, 1.82) is 0 Å². The van der Waals surface area contributed by atoms with Crippen LogP contribution in [-0.2, 0) is 17.8 Å². The van der Waals surface area contributed by atoms with Crippen molar-refractivity contribution in [3.63, 3.8) is 0 Å². The molecule has 32 heavy (non-hydrogen) atoms. The lowest BCUT2D eigenvalue weighted by molar-refractivity contribution is -0.130. The summed E-state index contributed by atoms with van der Waals surface area (Å²) in [6.45, 7) is 6.71. The molecule has 164 valence electrons. The molecule has 4 rings (SSSR count). The molecule has 6 nitrogen and oxygen atoms in total. The van der Waals surface area contributed by atoms with E-state index in [4.69, 9.17) is 5.10 Å².